The topological polar surface area (TPSA) is 76.3 Å². The Kier molecular flexibility index (Phi) is 2.01. The number of nitrogens with zero attached hydrogens (tertiary/aromatic N) is 2. The number of carbonyl (C=O) groups is 2. The maximum Gasteiger partial charge on any atom is 0.263 e. The first-order valence-electron chi connectivity index (χ1n) is 4.26. The number of nitrogens with two attached hydrogens (primary N) is 1. The van der Waals surface area contributed by atoms with Crippen molar-refractivity contribution in [2.75, 3.05) is 13.1 Å². The second kappa shape index (κ2) is 3.19. The van der Waals surface area contributed by atoms with Crippen LogP contribution in [0.3, 0.4) is 0 Å². The Morgan fingerprint density at radius 3 is 2.64 bits per heavy atom. The summed E-state index contributed by atoms with van der Waals surface area (Å²) in [5.74, 6) is -0.582. The number of imide groups is 1. The van der Waals surface area contributed by atoms with Gasteiger partial charge in [0, 0.05) is 25.5 Å². The summed E-state index contributed by atoms with van der Waals surface area (Å²) in [6.07, 6.45) is 2.90. The van der Waals surface area contributed by atoms with Gasteiger partial charge in [-0.1, -0.05) is 0 Å². The van der Waals surface area contributed by atoms with E-state index in [0.29, 0.717) is 11.1 Å². The monoisotopic (exact) mass is 191 g/mol. The molecule has 72 valence electrons. The molecule has 0 radical (unpaired) electrons. The van der Waals surface area contributed by atoms with Gasteiger partial charge in [0.25, 0.3) is 11.8 Å². The average Bonchev–Trinajstić information content (AvgIpc) is 2.45. The molecule has 0 unspecified atom stereocenters. The molecule has 5 nitrogen and oxygen atoms in total. The smallest absolute Gasteiger partial charge is 0.263 e. The van der Waals surface area contributed by atoms with Gasteiger partial charge in [0.1, 0.15) is 0 Å². The molecule has 14 heavy (non-hydrogen) atoms. The number of fused-ring (bicyclic) bond motifs is 1. The van der Waals surface area contributed by atoms with E-state index >= 15 is 0 Å². The van der Waals surface area contributed by atoms with E-state index in [-0.39, 0.29) is 24.9 Å². The molecule has 0 saturated heterocycles. The van der Waals surface area contributed by atoms with Crippen molar-refractivity contribution in [3.63, 3.8) is 0 Å². The van der Waals surface area contributed by atoms with Crippen LogP contribution in [-0.2, 0) is 0 Å². The quantitative estimate of drug-likeness (QED) is 0.647. The van der Waals surface area contributed by atoms with Crippen molar-refractivity contribution >= 4 is 11.8 Å². The Bertz CT molecular complexity index is 368. The Morgan fingerprint density at radius 1 is 1.29 bits per heavy atom. The fourth-order valence-corrected chi connectivity index (χ4v) is 1.47. The lowest BCUT2D eigenvalue weighted by Gasteiger charge is -2.10. The zero-order valence-electron chi connectivity index (χ0n) is 7.43. The predicted octanol–water partition coefficient (Wildman–Crippen LogP) is -0.364. The number of rotatable bonds is 2. The lowest BCUT2D eigenvalue weighted by Crippen LogP contribution is -2.34. The third-order valence-electron chi connectivity index (χ3n) is 2.12. The van der Waals surface area contributed by atoms with Gasteiger partial charge in [-0.2, -0.15) is 0 Å². The molecule has 0 aromatic carbocycles. The second-order valence-corrected chi connectivity index (χ2v) is 2.97. The highest BCUT2D eigenvalue weighted by molar-refractivity contribution is 6.21. The molecule has 2 heterocycles. The van der Waals surface area contributed by atoms with Crippen LogP contribution in [0.25, 0.3) is 0 Å². The molecule has 2 rings (SSSR count). The minimum atomic E-state index is -0.302. The maximum atomic E-state index is 11.6. The summed E-state index contributed by atoms with van der Waals surface area (Å²) in [5.41, 5.74) is 6.09. The van der Waals surface area contributed by atoms with Crippen molar-refractivity contribution < 1.29 is 9.59 Å². The van der Waals surface area contributed by atoms with Gasteiger partial charge in [-0.05, 0) is 6.07 Å². The van der Waals surface area contributed by atoms with E-state index in [1.54, 1.807) is 6.07 Å². The van der Waals surface area contributed by atoms with Crippen LogP contribution in [0.15, 0.2) is 18.5 Å². The summed E-state index contributed by atoms with van der Waals surface area (Å²) >= 11 is 0. The minimum absolute atomic E-state index is 0.256. The van der Waals surface area contributed by atoms with E-state index in [1.165, 1.54) is 12.4 Å². The Balaban J connectivity index is 2.43. The van der Waals surface area contributed by atoms with Crippen molar-refractivity contribution in [1.29, 1.82) is 0 Å². The summed E-state index contributed by atoms with van der Waals surface area (Å²) < 4.78 is 0. The normalized spacial score (nSPS) is 14.8. The first-order chi connectivity index (χ1) is 6.75. The minimum Gasteiger partial charge on any atom is -0.329 e. The summed E-state index contributed by atoms with van der Waals surface area (Å²) in [4.78, 5) is 28.2. The molecule has 0 fully saturated rings. The van der Waals surface area contributed by atoms with E-state index in [1.807, 2.05) is 0 Å². The maximum absolute atomic E-state index is 11.6. The molecule has 5 heteroatoms. The zero-order valence-corrected chi connectivity index (χ0v) is 7.43. The molecule has 0 saturated carbocycles. The van der Waals surface area contributed by atoms with Crippen LogP contribution in [0.2, 0.25) is 0 Å². The third-order valence-corrected chi connectivity index (χ3v) is 2.12. The summed E-state index contributed by atoms with van der Waals surface area (Å²) in [6.45, 7) is 0.533. The van der Waals surface area contributed by atoms with Crippen molar-refractivity contribution in [1.82, 2.24) is 9.88 Å². The highest BCUT2D eigenvalue weighted by atomic mass is 16.2. The summed E-state index contributed by atoms with van der Waals surface area (Å²) in [7, 11) is 0. The third kappa shape index (κ3) is 1.10. The molecule has 1 aromatic heterocycles. The van der Waals surface area contributed by atoms with E-state index in [9.17, 15) is 9.59 Å². The van der Waals surface area contributed by atoms with Crippen LogP contribution in [0.4, 0.5) is 0 Å². The zero-order chi connectivity index (χ0) is 10.1. The first-order valence-corrected chi connectivity index (χ1v) is 4.26. The molecule has 0 atom stereocenters. The number of carbonyl (C=O) groups excluding carboxylic acids is 2. The second-order valence-electron chi connectivity index (χ2n) is 2.97. The first kappa shape index (κ1) is 8.83. The van der Waals surface area contributed by atoms with Gasteiger partial charge in [-0.3, -0.25) is 19.5 Å². The molecule has 0 aliphatic carbocycles. The van der Waals surface area contributed by atoms with Crippen molar-refractivity contribution in [3.05, 3.63) is 29.6 Å². The van der Waals surface area contributed by atoms with E-state index in [2.05, 4.69) is 4.98 Å². The lowest BCUT2D eigenvalue weighted by molar-refractivity contribution is 0.0659. The highest BCUT2D eigenvalue weighted by Gasteiger charge is 2.34. The number of amides is 2. The molecule has 0 bridgehead atoms. The van der Waals surface area contributed by atoms with Crippen LogP contribution >= 0.6 is 0 Å². The molecular weight excluding hydrogens is 182 g/mol. The number of hydrogen-bond acceptors (Lipinski definition) is 4. The van der Waals surface area contributed by atoms with Crippen LogP contribution in [0.5, 0.6) is 0 Å². The SMILES string of the molecule is NCCN1C(=O)c2ccncc2C1=O. The van der Waals surface area contributed by atoms with Crippen LogP contribution < -0.4 is 5.73 Å². The van der Waals surface area contributed by atoms with Crippen molar-refractivity contribution in [2.45, 2.75) is 0 Å². The van der Waals surface area contributed by atoms with Gasteiger partial charge in [0.05, 0.1) is 11.1 Å². The Labute approximate surface area is 80.5 Å². The Hall–Kier alpha value is -1.75. The molecule has 2 N–H and O–H groups in total. The van der Waals surface area contributed by atoms with E-state index < -0.39 is 0 Å². The van der Waals surface area contributed by atoms with Crippen molar-refractivity contribution in [3.8, 4) is 0 Å². The Morgan fingerprint density at radius 2 is 2.00 bits per heavy atom. The largest absolute Gasteiger partial charge is 0.329 e. The fourth-order valence-electron chi connectivity index (χ4n) is 1.47. The van der Waals surface area contributed by atoms with Gasteiger partial charge in [0.15, 0.2) is 0 Å². The number of aromatic nitrogens is 1. The van der Waals surface area contributed by atoms with E-state index in [0.717, 1.165) is 4.90 Å². The summed E-state index contributed by atoms with van der Waals surface area (Å²) in [5, 5.41) is 0. The van der Waals surface area contributed by atoms with Crippen LogP contribution in [0.1, 0.15) is 20.7 Å². The van der Waals surface area contributed by atoms with Crippen LogP contribution in [0, 0.1) is 0 Å². The van der Waals surface area contributed by atoms with Gasteiger partial charge in [-0.15, -0.1) is 0 Å². The molecular formula is C9H9N3O2. The van der Waals surface area contributed by atoms with Gasteiger partial charge >= 0.3 is 0 Å². The van der Waals surface area contributed by atoms with E-state index in [4.69, 9.17) is 5.73 Å². The van der Waals surface area contributed by atoms with Gasteiger partial charge < -0.3 is 5.73 Å². The molecule has 1 aromatic rings. The van der Waals surface area contributed by atoms with Crippen LogP contribution in [-0.4, -0.2) is 34.8 Å². The van der Waals surface area contributed by atoms with Crippen molar-refractivity contribution in [2.24, 2.45) is 5.73 Å². The summed E-state index contributed by atoms with van der Waals surface area (Å²) in [6, 6.07) is 1.55. The highest BCUT2D eigenvalue weighted by Crippen LogP contribution is 2.20. The molecule has 2 amide bonds. The molecule has 1 aliphatic rings. The average molecular weight is 191 g/mol. The van der Waals surface area contributed by atoms with Gasteiger partial charge in [0.2, 0.25) is 0 Å². The fraction of sp³-hybridized carbons (Fsp3) is 0.222. The van der Waals surface area contributed by atoms with Gasteiger partial charge in [-0.25, -0.2) is 0 Å². The lowest BCUT2D eigenvalue weighted by atomic mass is 10.2. The predicted molar refractivity (Wildman–Crippen MR) is 48.7 cm³/mol. The number of hydrogen-bond donors (Lipinski definition) is 1. The molecule has 0 spiro atoms. The standard InChI is InChI=1S/C9H9N3O2/c10-2-4-12-8(13)6-1-3-11-5-7(6)9(12)14/h1,3,5H,2,4,10H2. The molecule has 1 aliphatic heterocycles. The number of pyridine rings is 1.